The number of carbonyl (C=O) groups is 2. The lowest BCUT2D eigenvalue weighted by Gasteiger charge is -2.19. The number of furan rings is 1. The van der Waals surface area contributed by atoms with Gasteiger partial charge in [-0.15, -0.1) is 0 Å². The first kappa shape index (κ1) is 24.3. The van der Waals surface area contributed by atoms with E-state index in [1.54, 1.807) is 12.1 Å². The number of anilines is 1. The lowest BCUT2D eigenvalue weighted by atomic mass is 9.87. The third kappa shape index (κ3) is 5.65. The van der Waals surface area contributed by atoms with Crippen LogP contribution in [0.2, 0.25) is 0 Å². The summed E-state index contributed by atoms with van der Waals surface area (Å²) >= 11 is 0. The molecule has 0 bridgehead atoms. The van der Waals surface area contributed by atoms with Crippen LogP contribution in [0, 0.1) is 5.92 Å². The Morgan fingerprint density at radius 1 is 0.971 bits per heavy atom. The maximum atomic E-state index is 13.1. The van der Waals surface area contributed by atoms with Crippen molar-refractivity contribution in [3.63, 3.8) is 0 Å². The van der Waals surface area contributed by atoms with Gasteiger partial charge < -0.3 is 19.6 Å². The first-order chi connectivity index (χ1) is 16.6. The maximum Gasteiger partial charge on any atom is 0.291 e. The van der Waals surface area contributed by atoms with Gasteiger partial charge in [0.1, 0.15) is 5.69 Å². The molecule has 0 aliphatic heterocycles. The minimum atomic E-state index is -0.317. The van der Waals surface area contributed by atoms with E-state index >= 15 is 0 Å². The fourth-order valence-corrected chi connectivity index (χ4v) is 3.99. The third-order valence-corrected chi connectivity index (χ3v) is 5.97. The predicted octanol–water partition coefficient (Wildman–Crippen LogP) is 6.22. The zero-order valence-electron chi connectivity index (χ0n) is 21.0. The summed E-state index contributed by atoms with van der Waals surface area (Å²) in [6.45, 7) is 11.9. The summed E-state index contributed by atoms with van der Waals surface area (Å²) in [5, 5.41) is 6.78. The fourth-order valence-electron chi connectivity index (χ4n) is 3.99. The molecule has 4 aromatic rings. The van der Waals surface area contributed by atoms with E-state index in [2.05, 4.69) is 69.5 Å². The average Bonchev–Trinajstić information content (AvgIpc) is 3.46. The molecule has 2 heterocycles. The molecule has 0 radical (unpaired) electrons. The van der Waals surface area contributed by atoms with Crippen molar-refractivity contribution < 1.29 is 14.0 Å². The Hall–Kier alpha value is -3.80. The summed E-state index contributed by atoms with van der Waals surface area (Å²) in [5.41, 5.74) is 4.62. The molecule has 0 fully saturated rings. The van der Waals surface area contributed by atoms with Crippen molar-refractivity contribution >= 4 is 28.4 Å². The van der Waals surface area contributed by atoms with Crippen molar-refractivity contribution in [2.45, 2.75) is 46.6 Å². The van der Waals surface area contributed by atoms with E-state index in [0.29, 0.717) is 30.4 Å². The smallest absolute Gasteiger partial charge is 0.291 e. The highest BCUT2D eigenvalue weighted by atomic mass is 16.3. The SMILES string of the molecule is CC(C)CNC(=O)c1cc2cc(NC(=O)c3ccco3)ccc2n1Cc1ccc(C(C)(C)C)cc1. The largest absolute Gasteiger partial charge is 0.459 e. The third-order valence-electron chi connectivity index (χ3n) is 5.97. The zero-order chi connectivity index (χ0) is 25.2. The van der Waals surface area contributed by atoms with Crippen molar-refractivity contribution in [1.29, 1.82) is 0 Å². The normalized spacial score (nSPS) is 11.7. The van der Waals surface area contributed by atoms with Gasteiger partial charge in [0.05, 0.1) is 6.26 Å². The molecular formula is C29H33N3O3. The molecule has 2 aromatic carbocycles. The quantitative estimate of drug-likeness (QED) is 0.336. The van der Waals surface area contributed by atoms with Crippen LogP contribution >= 0.6 is 0 Å². The minimum absolute atomic E-state index is 0.0804. The van der Waals surface area contributed by atoms with Crippen molar-refractivity contribution in [2.75, 3.05) is 11.9 Å². The van der Waals surface area contributed by atoms with Crippen LogP contribution in [0.3, 0.4) is 0 Å². The molecule has 6 nitrogen and oxygen atoms in total. The van der Waals surface area contributed by atoms with Crippen LogP contribution in [-0.4, -0.2) is 22.9 Å². The number of aromatic nitrogens is 1. The summed E-state index contributed by atoms with van der Waals surface area (Å²) in [7, 11) is 0. The lowest BCUT2D eigenvalue weighted by Crippen LogP contribution is -2.29. The molecular weight excluding hydrogens is 438 g/mol. The number of benzene rings is 2. The van der Waals surface area contributed by atoms with Gasteiger partial charge in [-0.1, -0.05) is 58.9 Å². The van der Waals surface area contributed by atoms with E-state index < -0.39 is 0 Å². The molecule has 182 valence electrons. The maximum absolute atomic E-state index is 13.1. The van der Waals surface area contributed by atoms with Crippen LogP contribution in [-0.2, 0) is 12.0 Å². The second-order valence-corrected chi connectivity index (χ2v) is 10.4. The van der Waals surface area contributed by atoms with Gasteiger partial charge in [-0.2, -0.15) is 0 Å². The Kier molecular flexibility index (Phi) is 6.83. The van der Waals surface area contributed by atoms with Gasteiger partial charge in [-0.3, -0.25) is 9.59 Å². The van der Waals surface area contributed by atoms with Gasteiger partial charge in [0.2, 0.25) is 0 Å². The van der Waals surface area contributed by atoms with E-state index in [9.17, 15) is 9.59 Å². The van der Waals surface area contributed by atoms with Crippen LogP contribution in [0.4, 0.5) is 5.69 Å². The van der Waals surface area contributed by atoms with Gasteiger partial charge >= 0.3 is 0 Å². The van der Waals surface area contributed by atoms with Crippen LogP contribution in [0.1, 0.15) is 66.8 Å². The summed E-state index contributed by atoms with van der Waals surface area (Å²) in [6, 6.07) is 19.4. The van der Waals surface area contributed by atoms with Crippen molar-refractivity contribution in [3.8, 4) is 0 Å². The van der Waals surface area contributed by atoms with Gasteiger partial charge in [0.25, 0.3) is 11.8 Å². The molecule has 2 N–H and O–H groups in total. The summed E-state index contributed by atoms with van der Waals surface area (Å²) < 4.78 is 7.22. The fraction of sp³-hybridized carbons (Fsp3) is 0.310. The first-order valence-corrected chi connectivity index (χ1v) is 12.0. The first-order valence-electron chi connectivity index (χ1n) is 12.0. The van der Waals surface area contributed by atoms with E-state index in [4.69, 9.17) is 4.42 Å². The van der Waals surface area contributed by atoms with Crippen LogP contribution in [0.15, 0.2) is 71.3 Å². The Bertz CT molecular complexity index is 1320. The highest BCUT2D eigenvalue weighted by Gasteiger charge is 2.18. The molecule has 0 aliphatic rings. The number of carbonyl (C=O) groups excluding carboxylic acids is 2. The molecule has 0 unspecified atom stereocenters. The molecule has 2 aromatic heterocycles. The lowest BCUT2D eigenvalue weighted by molar-refractivity contribution is 0.0939. The monoisotopic (exact) mass is 471 g/mol. The molecule has 0 atom stereocenters. The number of rotatable bonds is 7. The highest BCUT2D eigenvalue weighted by Crippen LogP contribution is 2.27. The zero-order valence-corrected chi connectivity index (χ0v) is 21.0. The summed E-state index contributed by atoms with van der Waals surface area (Å²) in [6.07, 6.45) is 1.47. The number of nitrogens with zero attached hydrogens (tertiary/aromatic N) is 1. The molecule has 35 heavy (non-hydrogen) atoms. The van der Waals surface area contributed by atoms with Gasteiger partial charge in [-0.25, -0.2) is 0 Å². The van der Waals surface area contributed by atoms with Gasteiger partial charge in [0, 0.05) is 29.7 Å². The number of amides is 2. The molecule has 2 amide bonds. The standard InChI is InChI=1S/C29H33N3O3/c1-19(2)17-30-27(33)25-16-21-15-23(31-28(34)26-7-6-14-35-26)12-13-24(21)32(25)18-20-8-10-22(11-9-20)29(3,4)5/h6-16,19H,17-18H2,1-5H3,(H,30,33)(H,31,34). The van der Waals surface area contributed by atoms with Gasteiger partial charge in [-0.05, 0) is 58.9 Å². The minimum Gasteiger partial charge on any atom is -0.459 e. The Morgan fingerprint density at radius 3 is 2.34 bits per heavy atom. The molecule has 0 aliphatic carbocycles. The molecule has 0 saturated carbocycles. The second kappa shape index (κ2) is 9.82. The van der Waals surface area contributed by atoms with Crippen molar-refractivity contribution in [1.82, 2.24) is 9.88 Å². The topological polar surface area (TPSA) is 76.3 Å². The van der Waals surface area contributed by atoms with Crippen LogP contribution in [0.5, 0.6) is 0 Å². The Balaban J connectivity index is 1.68. The number of hydrogen-bond acceptors (Lipinski definition) is 3. The molecule has 0 spiro atoms. The van der Waals surface area contributed by atoms with E-state index in [0.717, 1.165) is 16.5 Å². The highest BCUT2D eigenvalue weighted by molar-refractivity contribution is 6.04. The van der Waals surface area contributed by atoms with E-state index in [-0.39, 0.29) is 23.0 Å². The van der Waals surface area contributed by atoms with Crippen molar-refractivity contribution in [2.24, 2.45) is 5.92 Å². The molecule has 6 heteroatoms. The second-order valence-electron chi connectivity index (χ2n) is 10.4. The van der Waals surface area contributed by atoms with E-state index in [1.165, 1.54) is 11.8 Å². The molecule has 4 rings (SSSR count). The molecule has 0 saturated heterocycles. The van der Waals surface area contributed by atoms with Crippen LogP contribution in [0.25, 0.3) is 10.9 Å². The average molecular weight is 472 g/mol. The van der Waals surface area contributed by atoms with Crippen molar-refractivity contribution in [3.05, 3.63) is 89.5 Å². The number of fused-ring (bicyclic) bond motifs is 1. The Morgan fingerprint density at radius 2 is 1.71 bits per heavy atom. The van der Waals surface area contributed by atoms with Crippen LogP contribution < -0.4 is 10.6 Å². The predicted molar refractivity (Wildman–Crippen MR) is 140 cm³/mol. The number of hydrogen-bond donors (Lipinski definition) is 2. The number of nitrogens with one attached hydrogen (secondary N) is 2. The summed E-state index contributed by atoms with van der Waals surface area (Å²) in [4.78, 5) is 25.5. The van der Waals surface area contributed by atoms with Gasteiger partial charge in [0.15, 0.2) is 5.76 Å². The van der Waals surface area contributed by atoms with E-state index in [1.807, 2.05) is 28.8 Å². The summed E-state index contributed by atoms with van der Waals surface area (Å²) in [5.74, 6) is 0.172. The Labute approximate surface area is 206 Å².